The maximum Gasteiger partial charge on any atom is 0.165 e. The van der Waals surface area contributed by atoms with Gasteiger partial charge in [0, 0.05) is 43.9 Å². The Kier molecular flexibility index (Phi) is 4.96. The maximum atomic E-state index is 12.5. The Morgan fingerprint density at radius 1 is 1.04 bits per heavy atom. The highest BCUT2D eigenvalue weighted by molar-refractivity contribution is 6.33. The fraction of sp³-hybridized carbons (Fsp3) is 0.455. The molecule has 4 rings (SSSR count). The molecule has 1 aliphatic heterocycles. The van der Waals surface area contributed by atoms with E-state index in [0.29, 0.717) is 17.0 Å². The first-order valence-electron chi connectivity index (χ1n) is 9.73. The molecule has 0 saturated carbocycles. The first kappa shape index (κ1) is 19.1. The number of nitrogens with zero attached hydrogens (tertiary/aromatic N) is 3. The average Bonchev–Trinajstić information content (AvgIpc) is 2.68. The zero-order chi connectivity index (χ0) is 19.9. The van der Waals surface area contributed by atoms with Crippen LogP contribution in [0.15, 0.2) is 30.3 Å². The second kappa shape index (κ2) is 7.28. The summed E-state index contributed by atoms with van der Waals surface area (Å²) in [7, 11) is 1.68. The summed E-state index contributed by atoms with van der Waals surface area (Å²) in [6.07, 6.45) is 1.36. The molecule has 0 N–H and O–H groups in total. The van der Waals surface area contributed by atoms with E-state index in [1.54, 1.807) is 7.11 Å². The van der Waals surface area contributed by atoms with Crippen molar-refractivity contribution in [3.63, 3.8) is 0 Å². The van der Waals surface area contributed by atoms with Crippen LogP contribution in [-0.2, 0) is 6.42 Å². The Labute approximate surface area is 171 Å². The quantitative estimate of drug-likeness (QED) is 0.773. The van der Waals surface area contributed by atoms with Gasteiger partial charge in [0.2, 0.25) is 0 Å². The summed E-state index contributed by atoms with van der Waals surface area (Å²) in [5.41, 5.74) is 2.73. The zero-order valence-electron chi connectivity index (χ0n) is 16.7. The van der Waals surface area contributed by atoms with Crippen molar-refractivity contribution >= 4 is 28.9 Å². The number of ketones is 1. The molecule has 1 aromatic carbocycles. The van der Waals surface area contributed by atoms with Crippen molar-refractivity contribution in [1.82, 2.24) is 4.98 Å². The summed E-state index contributed by atoms with van der Waals surface area (Å²) in [5, 5.41) is 0.574. The van der Waals surface area contributed by atoms with Crippen LogP contribution in [-0.4, -0.2) is 44.1 Å². The normalized spacial score (nSPS) is 18.8. The minimum Gasteiger partial charge on any atom is -0.497 e. The summed E-state index contributed by atoms with van der Waals surface area (Å²) >= 11 is 6.53. The van der Waals surface area contributed by atoms with E-state index in [0.717, 1.165) is 49.9 Å². The summed E-state index contributed by atoms with van der Waals surface area (Å²) < 4.78 is 5.24. The van der Waals surface area contributed by atoms with Crippen LogP contribution in [0.1, 0.15) is 36.3 Å². The van der Waals surface area contributed by atoms with Crippen LogP contribution >= 0.6 is 11.6 Å². The predicted molar refractivity (Wildman–Crippen MR) is 113 cm³/mol. The van der Waals surface area contributed by atoms with Crippen molar-refractivity contribution in [2.24, 2.45) is 5.41 Å². The third-order valence-electron chi connectivity index (χ3n) is 5.64. The van der Waals surface area contributed by atoms with Gasteiger partial charge in [0.25, 0.3) is 0 Å². The molecule has 0 unspecified atom stereocenters. The van der Waals surface area contributed by atoms with Gasteiger partial charge in [-0.25, -0.2) is 4.98 Å². The number of ether oxygens (including phenoxy) is 1. The van der Waals surface area contributed by atoms with Gasteiger partial charge in [-0.3, -0.25) is 4.79 Å². The number of anilines is 2. The number of hydrogen-bond acceptors (Lipinski definition) is 5. The second-order valence-corrected chi connectivity index (χ2v) is 8.81. The number of fused-ring (bicyclic) bond motifs is 1. The Balaban J connectivity index is 1.51. The SMILES string of the molecule is COc1ccc(N2CCN(c3nc4c(cc3Cl)C(=O)CC(C)(C)C4)CC2)cc1. The molecule has 2 heterocycles. The monoisotopic (exact) mass is 399 g/mol. The number of halogens is 1. The van der Waals surface area contributed by atoms with Gasteiger partial charge in [-0.05, 0) is 42.2 Å². The van der Waals surface area contributed by atoms with Crippen molar-refractivity contribution in [3.8, 4) is 5.75 Å². The molecule has 5 nitrogen and oxygen atoms in total. The van der Waals surface area contributed by atoms with Gasteiger partial charge in [-0.15, -0.1) is 0 Å². The molecular weight excluding hydrogens is 374 g/mol. The van der Waals surface area contributed by atoms with E-state index in [2.05, 4.69) is 35.8 Å². The minimum absolute atomic E-state index is 0.0464. The molecule has 0 atom stereocenters. The third-order valence-corrected chi connectivity index (χ3v) is 5.92. The number of benzene rings is 1. The van der Waals surface area contributed by atoms with E-state index in [1.807, 2.05) is 18.2 Å². The van der Waals surface area contributed by atoms with Crippen molar-refractivity contribution in [1.29, 1.82) is 0 Å². The number of piperazine rings is 1. The molecule has 2 aromatic rings. The third kappa shape index (κ3) is 3.68. The van der Waals surface area contributed by atoms with E-state index < -0.39 is 0 Å². The lowest BCUT2D eigenvalue weighted by Crippen LogP contribution is -2.47. The van der Waals surface area contributed by atoms with Gasteiger partial charge >= 0.3 is 0 Å². The largest absolute Gasteiger partial charge is 0.497 e. The summed E-state index contributed by atoms with van der Waals surface area (Å²) in [6.45, 7) is 7.72. The molecule has 28 heavy (non-hydrogen) atoms. The van der Waals surface area contributed by atoms with E-state index in [4.69, 9.17) is 21.3 Å². The fourth-order valence-electron chi connectivity index (χ4n) is 4.13. The lowest BCUT2D eigenvalue weighted by atomic mass is 9.75. The fourth-order valence-corrected chi connectivity index (χ4v) is 4.40. The number of carbonyl (C=O) groups excluding carboxylic acids is 1. The number of hydrogen-bond donors (Lipinski definition) is 0. The number of pyridine rings is 1. The highest BCUT2D eigenvalue weighted by atomic mass is 35.5. The summed E-state index contributed by atoms with van der Waals surface area (Å²) in [6, 6.07) is 9.98. The molecule has 1 saturated heterocycles. The Morgan fingerprint density at radius 3 is 2.32 bits per heavy atom. The van der Waals surface area contributed by atoms with Crippen LogP contribution < -0.4 is 14.5 Å². The van der Waals surface area contributed by atoms with Gasteiger partial charge in [0.05, 0.1) is 17.8 Å². The molecule has 0 spiro atoms. The van der Waals surface area contributed by atoms with Crippen LogP contribution in [0.3, 0.4) is 0 Å². The molecule has 0 bridgehead atoms. The van der Waals surface area contributed by atoms with E-state index in [-0.39, 0.29) is 11.2 Å². The number of methoxy groups -OCH3 is 1. The van der Waals surface area contributed by atoms with Gasteiger partial charge in [0.15, 0.2) is 5.78 Å². The molecule has 0 amide bonds. The molecule has 148 valence electrons. The van der Waals surface area contributed by atoms with Gasteiger partial charge in [-0.2, -0.15) is 0 Å². The Morgan fingerprint density at radius 2 is 1.68 bits per heavy atom. The van der Waals surface area contributed by atoms with Gasteiger partial charge in [0.1, 0.15) is 11.6 Å². The van der Waals surface area contributed by atoms with Crippen LogP contribution in [0.4, 0.5) is 11.5 Å². The van der Waals surface area contributed by atoms with Gasteiger partial charge in [-0.1, -0.05) is 25.4 Å². The number of Topliss-reactive ketones (excluding diaryl/α,β-unsaturated/α-hetero) is 1. The lowest BCUT2D eigenvalue weighted by Gasteiger charge is -2.38. The second-order valence-electron chi connectivity index (χ2n) is 8.40. The van der Waals surface area contributed by atoms with E-state index in [9.17, 15) is 4.79 Å². The zero-order valence-corrected chi connectivity index (χ0v) is 17.4. The molecule has 0 radical (unpaired) electrons. The van der Waals surface area contributed by atoms with Crippen LogP contribution in [0, 0.1) is 5.41 Å². The highest BCUT2D eigenvalue weighted by Gasteiger charge is 2.33. The van der Waals surface area contributed by atoms with Crippen LogP contribution in [0.25, 0.3) is 0 Å². The molecule has 1 aromatic heterocycles. The summed E-state index contributed by atoms with van der Waals surface area (Å²) in [4.78, 5) is 21.9. The van der Waals surface area contributed by atoms with E-state index >= 15 is 0 Å². The smallest absolute Gasteiger partial charge is 0.165 e. The van der Waals surface area contributed by atoms with E-state index in [1.165, 1.54) is 5.69 Å². The Bertz CT molecular complexity index is 887. The Hall–Kier alpha value is -2.27. The predicted octanol–water partition coefficient (Wildman–Crippen LogP) is 4.23. The van der Waals surface area contributed by atoms with Crippen molar-refractivity contribution in [3.05, 3.63) is 46.6 Å². The average molecular weight is 400 g/mol. The van der Waals surface area contributed by atoms with Crippen molar-refractivity contribution in [2.75, 3.05) is 43.1 Å². The molecule has 1 fully saturated rings. The topological polar surface area (TPSA) is 45.7 Å². The standard InChI is InChI=1S/C22H26ClN3O2/c1-22(2)13-19-17(20(27)14-22)12-18(23)21(24-19)26-10-8-25(9-11-26)15-4-6-16(28-3)7-5-15/h4-7,12H,8-11,13-14H2,1-3H3. The maximum absolute atomic E-state index is 12.5. The van der Waals surface area contributed by atoms with Crippen LogP contribution in [0.5, 0.6) is 5.75 Å². The molecule has 6 heteroatoms. The first-order chi connectivity index (χ1) is 13.4. The van der Waals surface area contributed by atoms with Crippen molar-refractivity contribution in [2.45, 2.75) is 26.7 Å². The van der Waals surface area contributed by atoms with Crippen molar-refractivity contribution < 1.29 is 9.53 Å². The highest BCUT2D eigenvalue weighted by Crippen LogP contribution is 2.37. The number of aromatic nitrogens is 1. The van der Waals surface area contributed by atoms with Gasteiger partial charge < -0.3 is 14.5 Å². The lowest BCUT2D eigenvalue weighted by molar-refractivity contribution is 0.0910. The first-order valence-corrected chi connectivity index (χ1v) is 10.1. The minimum atomic E-state index is -0.0464. The molecule has 2 aliphatic rings. The molecular formula is C22H26ClN3O2. The van der Waals surface area contributed by atoms with Crippen LogP contribution in [0.2, 0.25) is 5.02 Å². The number of rotatable bonds is 3. The summed E-state index contributed by atoms with van der Waals surface area (Å²) in [5.74, 6) is 1.82. The number of carbonyl (C=O) groups is 1. The molecule has 1 aliphatic carbocycles.